The van der Waals surface area contributed by atoms with Gasteiger partial charge in [0.2, 0.25) is 0 Å². The Morgan fingerprint density at radius 1 is 1.40 bits per heavy atom. The van der Waals surface area contributed by atoms with Crippen LogP contribution in [0.2, 0.25) is 0 Å². The highest BCUT2D eigenvalue weighted by Crippen LogP contribution is 2.23. The summed E-state index contributed by atoms with van der Waals surface area (Å²) in [4.78, 5) is 14.2. The molecular weight excluding hydrogens is 387 g/mol. The van der Waals surface area contributed by atoms with Gasteiger partial charge in [0, 0.05) is 25.2 Å². The highest BCUT2D eigenvalue weighted by atomic mass is 79.9. The molecule has 0 aromatic heterocycles. The van der Waals surface area contributed by atoms with Crippen LogP contribution in [0.4, 0.5) is 9.18 Å². The number of hydrogen-bond acceptors (Lipinski definition) is 3. The monoisotopic (exact) mass is 414 g/mol. The third-order valence-corrected chi connectivity index (χ3v) is 4.86. The van der Waals surface area contributed by atoms with Crippen LogP contribution in [-0.4, -0.2) is 35.7 Å². The number of benzene rings is 1. The van der Waals surface area contributed by atoms with E-state index in [9.17, 15) is 9.18 Å². The van der Waals surface area contributed by atoms with Gasteiger partial charge in [0.05, 0.1) is 4.47 Å². The molecular formula is C19H28BrFN2O2. The smallest absolute Gasteiger partial charge is 0.410 e. The Morgan fingerprint density at radius 3 is 2.76 bits per heavy atom. The lowest BCUT2D eigenvalue weighted by molar-refractivity contribution is 0.0242. The third kappa shape index (κ3) is 6.26. The van der Waals surface area contributed by atoms with E-state index in [0.29, 0.717) is 11.0 Å². The summed E-state index contributed by atoms with van der Waals surface area (Å²) in [7, 11) is 0. The summed E-state index contributed by atoms with van der Waals surface area (Å²) in [6.07, 6.45) is 2.80. The van der Waals surface area contributed by atoms with Gasteiger partial charge in [-0.3, -0.25) is 0 Å². The molecule has 140 valence electrons. The van der Waals surface area contributed by atoms with E-state index in [1.807, 2.05) is 20.8 Å². The lowest BCUT2D eigenvalue weighted by Gasteiger charge is -2.30. The minimum Gasteiger partial charge on any atom is -0.444 e. The Labute approximate surface area is 158 Å². The number of carbonyl (C=O) groups is 1. The number of rotatable bonds is 3. The molecule has 0 spiro atoms. The van der Waals surface area contributed by atoms with E-state index < -0.39 is 5.60 Å². The zero-order valence-electron chi connectivity index (χ0n) is 15.4. The van der Waals surface area contributed by atoms with Crippen LogP contribution in [0.3, 0.4) is 0 Å². The second kappa shape index (κ2) is 8.49. The number of ether oxygens (including phenoxy) is 1. The second-order valence-corrected chi connectivity index (χ2v) is 8.54. The fourth-order valence-corrected chi connectivity index (χ4v) is 3.40. The van der Waals surface area contributed by atoms with Crippen LogP contribution in [-0.2, 0) is 4.74 Å². The highest BCUT2D eigenvalue weighted by molar-refractivity contribution is 9.10. The van der Waals surface area contributed by atoms with Gasteiger partial charge in [-0.1, -0.05) is 12.5 Å². The quantitative estimate of drug-likeness (QED) is 0.753. The number of carbonyl (C=O) groups excluding carboxylic acids is 1. The van der Waals surface area contributed by atoms with E-state index in [1.54, 1.807) is 17.0 Å². The van der Waals surface area contributed by atoms with Crippen molar-refractivity contribution in [3.8, 4) is 0 Å². The molecule has 1 aromatic carbocycles. The molecule has 1 aliphatic heterocycles. The molecule has 1 aliphatic rings. The van der Waals surface area contributed by atoms with E-state index in [2.05, 4.69) is 28.2 Å². The SMILES string of the molecule is CC(NC1CCCCN(C(=O)OC(C)(C)C)C1)c1ccc(F)c(Br)c1. The molecule has 1 aromatic rings. The van der Waals surface area contributed by atoms with Crippen molar-refractivity contribution in [2.24, 2.45) is 0 Å². The van der Waals surface area contributed by atoms with Crippen LogP contribution in [0.1, 0.15) is 58.6 Å². The van der Waals surface area contributed by atoms with E-state index in [-0.39, 0.29) is 24.0 Å². The second-order valence-electron chi connectivity index (χ2n) is 7.68. The molecule has 4 nitrogen and oxygen atoms in total. The minimum absolute atomic E-state index is 0.0699. The number of halogens is 2. The van der Waals surface area contributed by atoms with Crippen molar-refractivity contribution in [1.82, 2.24) is 10.2 Å². The normalized spacial score (nSPS) is 20.1. The van der Waals surface area contributed by atoms with Crippen molar-refractivity contribution in [2.45, 2.75) is 64.6 Å². The van der Waals surface area contributed by atoms with E-state index in [4.69, 9.17) is 4.74 Å². The molecule has 1 amide bonds. The Balaban J connectivity index is 2.00. The summed E-state index contributed by atoms with van der Waals surface area (Å²) in [5.74, 6) is -0.262. The Hall–Kier alpha value is -1.14. The predicted molar refractivity (Wildman–Crippen MR) is 101 cm³/mol. The van der Waals surface area contributed by atoms with Gasteiger partial charge in [-0.25, -0.2) is 9.18 Å². The lowest BCUT2D eigenvalue weighted by Crippen LogP contribution is -2.45. The van der Waals surface area contributed by atoms with Crippen LogP contribution in [0, 0.1) is 5.82 Å². The van der Waals surface area contributed by atoms with Gasteiger partial charge < -0.3 is 15.0 Å². The van der Waals surface area contributed by atoms with Gasteiger partial charge in [0.1, 0.15) is 11.4 Å². The topological polar surface area (TPSA) is 41.6 Å². The lowest BCUT2D eigenvalue weighted by atomic mass is 10.1. The first-order valence-corrected chi connectivity index (χ1v) is 9.64. The van der Waals surface area contributed by atoms with Crippen molar-refractivity contribution in [3.05, 3.63) is 34.1 Å². The largest absolute Gasteiger partial charge is 0.444 e. The summed E-state index contributed by atoms with van der Waals surface area (Å²) >= 11 is 3.24. The van der Waals surface area contributed by atoms with E-state index >= 15 is 0 Å². The predicted octanol–water partition coefficient (Wildman–Crippen LogP) is 5.03. The van der Waals surface area contributed by atoms with Crippen molar-refractivity contribution in [1.29, 1.82) is 0 Å². The van der Waals surface area contributed by atoms with E-state index in [1.165, 1.54) is 6.07 Å². The zero-order valence-corrected chi connectivity index (χ0v) is 17.0. The van der Waals surface area contributed by atoms with Crippen LogP contribution < -0.4 is 5.32 Å². The van der Waals surface area contributed by atoms with Crippen molar-refractivity contribution >= 4 is 22.0 Å². The molecule has 0 aliphatic carbocycles. The zero-order chi connectivity index (χ0) is 18.6. The molecule has 2 rings (SSSR count). The first-order valence-electron chi connectivity index (χ1n) is 8.84. The fourth-order valence-electron chi connectivity index (χ4n) is 3.00. The van der Waals surface area contributed by atoms with Gasteiger partial charge in [-0.05, 0) is 74.2 Å². The number of likely N-dealkylation sites (tertiary alicyclic amines) is 1. The van der Waals surface area contributed by atoms with Crippen LogP contribution in [0.5, 0.6) is 0 Å². The summed E-state index contributed by atoms with van der Waals surface area (Å²) in [5.41, 5.74) is 0.529. The fraction of sp³-hybridized carbons (Fsp3) is 0.632. The maximum atomic E-state index is 13.4. The number of nitrogens with one attached hydrogen (secondary N) is 1. The minimum atomic E-state index is -0.486. The van der Waals surface area contributed by atoms with Gasteiger partial charge in [-0.2, -0.15) is 0 Å². The van der Waals surface area contributed by atoms with Crippen molar-refractivity contribution in [2.75, 3.05) is 13.1 Å². The Kier molecular flexibility index (Phi) is 6.86. The van der Waals surface area contributed by atoms with Crippen molar-refractivity contribution in [3.63, 3.8) is 0 Å². The molecule has 2 atom stereocenters. The molecule has 0 bridgehead atoms. The number of hydrogen-bond donors (Lipinski definition) is 1. The Bertz CT molecular complexity index is 604. The first kappa shape index (κ1) is 20.2. The van der Waals surface area contributed by atoms with Gasteiger partial charge in [0.25, 0.3) is 0 Å². The molecule has 1 saturated heterocycles. The van der Waals surface area contributed by atoms with Crippen molar-refractivity contribution < 1.29 is 13.9 Å². The molecule has 1 heterocycles. The maximum absolute atomic E-state index is 13.4. The van der Waals surface area contributed by atoms with E-state index in [0.717, 1.165) is 31.4 Å². The molecule has 2 unspecified atom stereocenters. The average Bonchev–Trinajstić information content (AvgIpc) is 2.74. The molecule has 1 fully saturated rings. The van der Waals surface area contributed by atoms with Gasteiger partial charge in [0.15, 0.2) is 0 Å². The van der Waals surface area contributed by atoms with Crippen LogP contribution in [0.25, 0.3) is 0 Å². The average molecular weight is 415 g/mol. The summed E-state index contributed by atoms with van der Waals surface area (Å²) in [6.45, 7) is 9.06. The molecule has 1 N–H and O–H groups in total. The summed E-state index contributed by atoms with van der Waals surface area (Å²) in [6, 6.07) is 5.32. The Morgan fingerprint density at radius 2 is 2.12 bits per heavy atom. The third-order valence-electron chi connectivity index (χ3n) is 4.25. The van der Waals surface area contributed by atoms with Crippen LogP contribution >= 0.6 is 15.9 Å². The molecule has 0 saturated carbocycles. The molecule has 6 heteroatoms. The van der Waals surface area contributed by atoms with Gasteiger partial charge >= 0.3 is 6.09 Å². The number of amides is 1. The number of nitrogens with zero attached hydrogens (tertiary/aromatic N) is 1. The molecule has 0 radical (unpaired) electrons. The maximum Gasteiger partial charge on any atom is 0.410 e. The standard InChI is InChI=1S/C19H28BrFN2O2/c1-13(14-8-9-17(21)16(20)11-14)22-15-7-5-6-10-23(12-15)18(24)25-19(2,3)4/h8-9,11,13,15,22H,5-7,10,12H2,1-4H3. The van der Waals surface area contributed by atoms with Crippen LogP contribution in [0.15, 0.2) is 22.7 Å². The van der Waals surface area contributed by atoms with Gasteiger partial charge in [-0.15, -0.1) is 0 Å². The summed E-state index contributed by atoms with van der Waals surface area (Å²) < 4.78 is 19.4. The first-order chi connectivity index (χ1) is 11.7. The summed E-state index contributed by atoms with van der Waals surface area (Å²) in [5, 5.41) is 3.58. The highest BCUT2D eigenvalue weighted by Gasteiger charge is 2.27. The molecule has 25 heavy (non-hydrogen) atoms.